The Morgan fingerprint density at radius 1 is 1.10 bits per heavy atom. The Hall–Kier alpha value is -3.38. The van der Waals surface area contributed by atoms with Gasteiger partial charge in [0.05, 0.1) is 30.3 Å². The van der Waals surface area contributed by atoms with Gasteiger partial charge in [0.1, 0.15) is 17.4 Å². The van der Waals surface area contributed by atoms with Crippen molar-refractivity contribution >= 4 is 28.5 Å². The summed E-state index contributed by atoms with van der Waals surface area (Å²) < 4.78 is 21.6. The molecule has 0 bridgehead atoms. The van der Waals surface area contributed by atoms with E-state index in [4.69, 9.17) is 21.3 Å². The monoisotopic (exact) mass is 437 g/mol. The topological polar surface area (TPSA) is 56.1 Å². The summed E-state index contributed by atoms with van der Waals surface area (Å²) in [5.74, 6) is 0.667. The Bertz CT molecular complexity index is 1220. The smallest absolute Gasteiger partial charge is 0.255 e. The lowest BCUT2D eigenvalue weighted by Crippen LogP contribution is -2.27. The van der Waals surface area contributed by atoms with E-state index in [2.05, 4.69) is 5.32 Å². The van der Waals surface area contributed by atoms with Crippen LogP contribution in [-0.2, 0) is 13.0 Å². The van der Waals surface area contributed by atoms with E-state index in [0.29, 0.717) is 34.9 Å². The van der Waals surface area contributed by atoms with E-state index in [0.717, 1.165) is 16.9 Å². The minimum atomic E-state index is -0.360. The van der Waals surface area contributed by atoms with Crippen LogP contribution in [-0.4, -0.2) is 29.1 Å². The van der Waals surface area contributed by atoms with E-state index in [-0.39, 0.29) is 18.3 Å². The summed E-state index contributed by atoms with van der Waals surface area (Å²) in [5.41, 5.74) is 2.57. The lowest BCUT2D eigenvalue weighted by Gasteiger charge is -2.12. The van der Waals surface area contributed by atoms with Crippen molar-refractivity contribution in [1.29, 1.82) is 0 Å². The molecule has 1 amide bonds. The minimum Gasteiger partial charge on any atom is -0.496 e. The van der Waals surface area contributed by atoms with Crippen LogP contribution in [0.2, 0.25) is 5.02 Å². The number of carbonyl (C=O) groups is 1. The Labute approximate surface area is 184 Å². The zero-order valence-electron chi connectivity index (χ0n) is 16.9. The number of carbonyl (C=O) groups excluding carboxylic acids is 1. The number of aromatic nitrogens is 2. The molecule has 0 saturated heterocycles. The molecule has 0 unspecified atom stereocenters. The van der Waals surface area contributed by atoms with Crippen LogP contribution in [0.4, 0.5) is 4.39 Å². The molecular formula is C24H21ClFN3O2. The maximum atomic E-state index is 14.4. The number of benzene rings is 3. The zero-order valence-corrected chi connectivity index (χ0v) is 17.7. The van der Waals surface area contributed by atoms with Gasteiger partial charge in [-0.3, -0.25) is 4.79 Å². The van der Waals surface area contributed by atoms with E-state index in [9.17, 15) is 9.18 Å². The fraction of sp³-hybridized carbons (Fsp3) is 0.167. The number of amides is 1. The summed E-state index contributed by atoms with van der Waals surface area (Å²) in [6.45, 7) is 0.618. The lowest BCUT2D eigenvalue weighted by atomic mass is 10.2. The number of para-hydroxylation sites is 3. The van der Waals surface area contributed by atoms with Crippen molar-refractivity contribution in [1.82, 2.24) is 14.9 Å². The molecule has 0 fully saturated rings. The van der Waals surface area contributed by atoms with Gasteiger partial charge in [-0.15, -0.1) is 0 Å². The first-order valence-electron chi connectivity index (χ1n) is 9.86. The number of imidazole rings is 1. The molecule has 0 saturated carbocycles. The second-order valence-corrected chi connectivity index (χ2v) is 7.42. The average molecular weight is 438 g/mol. The number of hydrogen-bond donors (Lipinski definition) is 1. The lowest BCUT2D eigenvalue weighted by molar-refractivity contribution is 0.0951. The fourth-order valence-corrected chi connectivity index (χ4v) is 3.77. The van der Waals surface area contributed by atoms with Crippen LogP contribution < -0.4 is 10.1 Å². The molecule has 0 aliphatic heterocycles. The van der Waals surface area contributed by atoms with Gasteiger partial charge in [0.2, 0.25) is 0 Å². The van der Waals surface area contributed by atoms with Crippen molar-refractivity contribution < 1.29 is 13.9 Å². The van der Waals surface area contributed by atoms with Crippen molar-refractivity contribution in [2.75, 3.05) is 13.7 Å². The molecule has 4 rings (SSSR count). The molecule has 0 atom stereocenters. The van der Waals surface area contributed by atoms with E-state index in [1.54, 1.807) is 30.3 Å². The summed E-state index contributed by atoms with van der Waals surface area (Å²) >= 11 is 6.25. The van der Waals surface area contributed by atoms with Crippen LogP contribution in [0, 0.1) is 5.82 Å². The fourth-order valence-electron chi connectivity index (χ4n) is 3.55. The SMILES string of the molecule is COc1ccccc1C(=O)NCCc1nc2ccccc2n1Cc1c(F)cccc1Cl. The van der Waals surface area contributed by atoms with E-state index < -0.39 is 0 Å². The first-order valence-corrected chi connectivity index (χ1v) is 10.2. The van der Waals surface area contributed by atoms with E-state index >= 15 is 0 Å². The number of nitrogens with zero attached hydrogens (tertiary/aromatic N) is 2. The van der Waals surface area contributed by atoms with Gasteiger partial charge in [0.15, 0.2) is 0 Å². The average Bonchev–Trinajstić information content (AvgIpc) is 3.13. The molecule has 5 nitrogen and oxygen atoms in total. The Balaban J connectivity index is 1.57. The molecule has 4 aromatic rings. The number of nitrogens with one attached hydrogen (secondary N) is 1. The molecule has 1 aromatic heterocycles. The first-order chi connectivity index (χ1) is 15.1. The third-order valence-corrected chi connectivity index (χ3v) is 5.45. The Morgan fingerprint density at radius 3 is 2.68 bits per heavy atom. The van der Waals surface area contributed by atoms with Crippen LogP contribution in [0.5, 0.6) is 5.75 Å². The van der Waals surface area contributed by atoms with Gasteiger partial charge >= 0.3 is 0 Å². The van der Waals surface area contributed by atoms with Crippen molar-refractivity contribution in [3.8, 4) is 5.75 Å². The van der Waals surface area contributed by atoms with Gasteiger partial charge in [-0.05, 0) is 36.4 Å². The van der Waals surface area contributed by atoms with Crippen LogP contribution in [0.3, 0.4) is 0 Å². The Morgan fingerprint density at radius 2 is 1.87 bits per heavy atom. The molecule has 3 aromatic carbocycles. The van der Waals surface area contributed by atoms with E-state index in [1.807, 2.05) is 34.9 Å². The largest absolute Gasteiger partial charge is 0.496 e. The predicted octanol–water partition coefficient (Wildman–Crippen LogP) is 4.86. The number of halogens is 2. The minimum absolute atomic E-state index is 0.225. The molecule has 0 spiro atoms. The van der Waals surface area contributed by atoms with Crippen molar-refractivity contribution in [2.24, 2.45) is 0 Å². The molecule has 0 aliphatic rings. The van der Waals surface area contributed by atoms with Gasteiger partial charge < -0.3 is 14.6 Å². The highest BCUT2D eigenvalue weighted by Crippen LogP contribution is 2.24. The number of ether oxygens (including phenoxy) is 1. The normalized spacial score (nSPS) is 10.9. The quantitative estimate of drug-likeness (QED) is 0.449. The van der Waals surface area contributed by atoms with Crippen molar-refractivity contribution in [2.45, 2.75) is 13.0 Å². The van der Waals surface area contributed by atoms with Gasteiger partial charge in [0, 0.05) is 23.6 Å². The molecule has 7 heteroatoms. The molecule has 0 aliphatic carbocycles. The third-order valence-electron chi connectivity index (χ3n) is 5.10. The second-order valence-electron chi connectivity index (χ2n) is 7.01. The molecule has 1 N–H and O–H groups in total. The maximum Gasteiger partial charge on any atom is 0.255 e. The summed E-state index contributed by atoms with van der Waals surface area (Å²) in [5, 5.41) is 3.28. The van der Waals surface area contributed by atoms with Gasteiger partial charge in [0.25, 0.3) is 5.91 Å². The van der Waals surface area contributed by atoms with Crippen LogP contribution in [0.25, 0.3) is 11.0 Å². The highest BCUT2D eigenvalue weighted by molar-refractivity contribution is 6.31. The summed E-state index contributed by atoms with van der Waals surface area (Å²) in [7, 11) is 1.53. The van der Waals surface area contributed by atoms with Crippen molar-refractivity contribution in [3.05, 3.63) is 94.5 Å². The molecule has 158 valence electrons. The van der Waals surface area contributed by atoms with Crippen LogP contribution in [0.1, 0.15) is 21.7 Å². The van der Waals surface area contributed by atoms with Gasteiger partial charge in [-0.2, -0.15) is 0 Å². The Kier molecular flexibility index (Phi) is 6.18. The standard InChI is InChI=1S/C24H21ClFN3O2/c1-31-22-12-5-2-7-16(22)24(30)27-14-13-23-28-20-10-3-4-11-21(20)29(23)15-17-18(25)8-6-9-19(17)26/h2-12H,13-15H2,1H3,(H,27,30). The van der Waals surface area contributed by atoms with E-state index in [1.165, 1.54) is 13.2 Å². The molecule has 31 heavy (non-hydrogen) atoms. The number of methoxy groups -OCH3 is 1. The summed E-state index contributed by atoms with van der Waals surface area (Å²) in [6.07, 6.45) is 0.474. The van der Waals surface area contributed by atoms with Crippen LogP contribution in [0.15, 0.2) is 66.7 Å². The number of rotatable bonds is 7. The maximum absolute atomic E-state index is 14.4. The second kappa shape index (κ2) is 9.18. The molecular weight excluding hydrogens is 417 g/mol. The summed E-state index contributed by atoms with van der Waals surface area (Å²) in [6, 6.07) is 19.4. The van der Waals surface area contributed by atoms with Gasteiger partial charge in [-0.25, -0.2) is 9.37 Å². The number of fused-ring (bicyclic) bond motifs is 1. The molecule has 0 radical (unpaired) electrons. The zero-order chi connectivity index (χ0) is 21.8. The summed E-state index contributed by atoms with van der Waals surface area (Å²) in [4.78, 5) is 17.3. The first kappa shape index (κ1) is 20.9. The third kappa shape index (κ3) is 4.39. The van der Waals surface area contributed by atoms with Crippen molar-refractivity contribution in [3.63, 3.8) is 0 Å². The predicted molar refractivity (Wildman–Crippen MR) is 119 cm³/mol. The highest BCUT2D eigenvalue weighted by Gasteiger charge is 2.16. The van der Waals surface area contributed by atoms with Gasteiger partial charge in [-0.1, -0.05) is 41.9 Å². The molecule has 1 heterocycles. The number of hydrogen-bond acceptors (Lipinski definition) is 3. The van der Waals surface area contributed by atoms with Crippen LogP contribution >= 0.6 is 11.6 Å². The highest BCUT2D eigenvalue weighted by atomic mass is 35.5.